The molecule has 1 aromatic rings. The van der Waals surface area contributed by atoms with Crippen molar-refractivity contribution in [3.8, 4) is 0 Å². The number of unbranched alkanes of at least 4 members (excludes halogenated alkanes) is 1. The average Bonchev–Trinajstić information content (AvgIpc) is 2.26. The lowest BCUT2D eigenvalue weighted by atomic mass is 9.96. The van der Waals surface area contributed by atoms with E-state index in [2.05, 4.69) is 24.0 Å². The minimum absolute atomic E-state index is 0.434. The predicted molar refractivity (Wildman–Crippen MR) is 80.1 cm³/mol. The number of pyridine rings is 1. The number of aryl methyl sites for hydroxylation is 2. The van der Waals surface area contributed by atoms with E-state index in [1.807, 2.05) is 6.92 Å². The second kappa shape index (κ2) is 6.91. The summed E-state index contributed by atoms with van der Waals surface area (Å²) in [4.78, 5) is 15.5. The number of thioether (sulfide) groups is 1. The van der Waals surface area contributed by atoms with Gasteiger partial charge >= 0.3 is 0 Å². The van der Waals surface area contributed by atoms with Gasteiger partial charge in [0.25, 0.3) is 0 Å². The molecule has 0 aliphatic rings. The van der Waals surface area contributed by atoms with Crippen molar-refractivity contribution in [1.82, 2.24) is 4.98 Å². The van der Waals surface area contributed by atoms with Gasteiger partial charge < -0.3 is 11.5 Å². The summed E-state index contributed by atoms with van der Waals surface area (Å²) < 4.78 is 0. The Kier molecular flexibility index (Phi) is 5.82. The molecule has 0 spiro atoms. The summed E-state index contributed by atoms with van der Waals surface area (Å²) in [5.41, 5.74) is 12.4. The van der Waals surface area contributed by atoms with Crippen molar-refractivity contribution >= 4 is 17.7 Å². The van der Waals surface area contributed by atoms with Crippen molar-refractivity contribution in [2.75, 3.05) is 5.75 Å². The Hall–Kier alpha value is -1.07. The van der Waals surface area contributed by atoms with Gasteiger partial charge in [0, 0.05) is 5.69 Å². The Morgan fingerprint density at radius 1 is 1.37 bits per heavy atom. The lowest BCUT2D eigenvalue weighted by Gasteiger charge is -2.19. The van der Waals surface area contributed by atoms with Gasteiger partial charge in [0.1, 0.15) is 0 Å². The van der Waals surface area contributed by atoms with Gasteiger partial charge in [-0.1, -0.05) is 6.42 Å². The number of rotatable bonds is 7. The number of amides is 1. The van der Waals surface area contributed by atoms with Crippen LogP contribution in [0.25, 0.3) is 0 Å². The van der Waals surface area contributed by atoms with Crippen LogP contribution in [0.2, 0.25) is 0 Å². The number of carbonyl (C=O) groups excluding carboxylic acids is 1. The summed E-state index contributed by atoms with van der Waals surface area (Å²) in [6.07, 6.45) is 2.52. The van der Waals surface area contributed by atoms with Gasteiger partial charge in [-0.25, -0.2) is 4.98 Å². The molecule has 5 heteroatoms. The molecule has 1 atom stereocenters. The zero-order valence-electron chi connectivity index (χ0n) is 11.9. The van der Waals surface area contributed by atoms with Crippen LogP contribution < -0.4 is 11.5 Å². The molecular weight excluding hydrogens is 258 g/mol. The third-order valence-electron chi connectivity index (χ3n) is 2.98. The van der Waals surface area contributed by atoms with Crippen molar-refractivity contribution < 1.29 is 4.79 Å². The molecule has 1 rings (SSSR count). The maximum Gasteiger partial charge on any atom is 0.237 e. The van der Waals surface area contributed by atoms with E-state index in [-0.39, 0.29) is 0 Å². The van der Waals surface area contributed by atoms with Crippen molar-refractivity contribution in [2.24, 2.45) is 11.5 Å². The fraction of sp³-hybridized carbons (Fsp3) is 0.571. The van der Waals surface area contributed by atoms with Crippen molar-refractivity contribution in [1.29, 1.82) is 0 Å². The first-order chi connectivity index (χ1) is 8.81. The van der Waals surface area contributed by atoms with Crippen molar-refractivity contribution in [2.45, 2.75) is 50.6 Å². The van der Waals surface area contributed by atoms with E-state index in [1.165, 1.54) is 5.56 Å². The van der Waals surface area contributed by atoms with E-state index < -0.39 is 11.4 Å². The Labute approximate surface area is 119 Å². The van der Waals surface area contributed by atoms with Gasteiger partial charge in [-0.05, 0) is 57.1 Å². The molecule has 1 aromatic heterocycles. The molecule has 19 heavy (non-hydrogen) atoms. The van der Waals surface area contributed by atoms with Crippen LogP contribution in [0.5, 0.6) is 0 Å². The van der Waals surface area contributed by atoms with Crippen LogP contribution in [0, 0.1) is 13.8 Å². The normalized spacial score (nSPS) is 14.1. The maximum absolute atomic E-state index is 11.1. The third kappa shape index (κ3) is 5.61. The van der Waals surface area contributed by atoms with Gasteiger partial charge in [-0.2, -0.15) is 0 Å². The summed E-state index contributed by atoms with van der Waals surface area (Å²) in [6.45, 7) is 5.77. The molecule has 0 aliphatic heterocycles. The summed E-state index contributed by atoms with van der Waals surface area (Å²) in [7, 11) is 0. The molecule has 0 aromatic carbocycles. The van der Waals surface area contributed by atoms with Crippen LogP contribution in [-0.4, -0.2) is 22.2 Å². The lowest BCUT2D eigenvalue weighted by molar-refractivity contribution is -0.122. The van der Waals surface area contributed by atoms with E-state index in [4.69, 9.17) is 11.5 Å². The fourth-order valence-electron chi connectivity index (χ4n) is 1.77. The Balaban J connectivity index is 2.30. The van der Waals surface area contributed by atoms with Crippen LogP contribution in [0.4, 0.5) is 0 Å². The topological polar surface area (TPSA) is 82.0 Å². The highest BCUT2D eigenvalue weighted by Gasteiger charge is 2.24. The summed E-state index contributed by atoms with van der Waals surface area (Å²) >= 11 is 1.74. The number of aromatic nitrogens is 1. The largest absolute Gasteiger partial charge is 0.368 e. The molecule has 0 saturated carbocycles. The van der Waals surface area contributed by atoms with Gasteiger partial charge in [0.05, 0.1) is 10.6 Å². The highest BCUT2D eigenvalue weighted by Crippen LogP contribution is 2.20. The monoisotopic (exact) mass is 281 g/mol. The van der Waals surface area contributed by atoms with Gasteiger partial charge in [0.2, 0.25) is 5.91 Å². The van der Waals surface area contributed by atoms with Crippen LogP contribution >= 0.6 is 11.8 Å². The molecule has 0 fully saturated rings. The lowest BCUT2D eigenvalue weighted by Crippen LogP contribution is -2.49. The van der Waals surface area contributed by atoms with Crippen molar-refractivity contribution in [3.05, 3.63) is 23.4 Å². The zero-order chi connectivity index (χ0) is 14.5. The Morgan fingerprint density at radius 2 is 2.05 bits per heavy atom. The highest BCUT2D eigenvalue weighted by molar-refractivity contribution is 7.99. The van der Waals surface area contributed by atoms with Crippen LogP contribution in [-0.2, 0) is 4.79 Å². The average molecular weight is 281 g/mol. The van der Waals surface area contributed by atoms with E-state index in [0.717, 1.165) is 29.3 Å². The van der Waals surface area contributed by atoms with E-state index in [0.29, 0.717) is 6.42 Å². The molecule has 0 radical (unpaired) electrons. The van der Waals surface area contributed by atoms with Crippen molar-refractivity contribution in [3.63, 3.8) is 0 Å². The number of hydrogen-bond acceptors (Lipinski definition) is 4. The number of nitrogens with zero attached hydrogens (tertiary/aromatic N) is 1. The Bertz CT molecular complexity index is 426. The predicted octanol–water partition coefficient (Wildman–Crippen LogP) is 2.16. The Morgan fingerprint density at radius 3 is 2.63 bits per heavy atom. The zero-order valence-corrected chi connectivity index (χ0v) is 12.7. The minimum atomic E-state index is -0.886. The molecule has 4 N–H and O–H groups in total. The summed E-state index contributed by atoms with van der Waals surface area (Å²) in [5.74, 6) is 0.543. The third-order valence-corrected chi connectivity index (χ3v) is 3.98. The van der Waals surface area contributed by atoms with Gasteiger partial charge in [-0.3, -0.25) is 4.79 Å². The molecule has 0 saturated heterocycles. The van der Waals surface area contributed by atoms with E-state index >= 15 is 0 Å². The summed E-state index contributed by atoms with van der Waals surface area (Å²) in [6, 6.07) is 4.16. The molecule has 0 bridgehead atoms. The molecule has 1 heterocycles. The molecule has 106 valence electrons. The van der Waals surface area contributed by atoms with Crippen LogP contribution in [0.15, 0.2) is 17.2 Å². The highest BCUT2D eigenvalue weighted by atomic mass is 32.2. The quantitative estimate of drug-likeness (QED) is 0.593. The minimum Gasteiger partial charge on any atom is -0.368 e. The standard InChI is InChI=1S/C14H23N3OS/c1-10-8-11(2)17-12(9-10)19-7-5-4-6-14(3,16)13(15)18/h8-9H,4-7,16H2,1-3H3,(H2,15,18). The van der Waals surface area contributed by atoms with Crippen LogP contribution in [0.1, 0.15) is 37.4 Å². The van der Waals surface area contributed by atoms with E-state index in [9.17, 15) is 4.79 Å². The number of carbonyl (C=O) groups is 1. The molecule has 1 amide bonds. The molecule has 4 nitrogen and oxygen atoms in total. The maximum atomic E-state index is 11.1. The second-order valence-corrected chi connectivity index (χ2v) is 6.33. The molecule has 0 aliphatic carbocycles. The second-order valence-electron chi connectivity index (χ2n) is 5.21. The molecular formula is C14H23N3OS. The fourth-order valence-corrected chi connectivity index (χ4v) is 2.81. The van der Waals surface area contributed by atoms with Gasteiger partial charge in [-0.15, -0.1) is 11.8 Å². The number of nitrogens with two attached hydrogens (primary N) is 2. The van der Waals surface area contributed by atoms with Crippen LogP contribution in [0.3, 0.4) is 0 Å². The first-order valence-corrected chi connectivity index (χ1v) is 7.47. The molecule has 1 unspecified atom stereocenters. The SMILES string of the molecule is Cc1cc(C)nc(SCCCCC(C)(N)C(N)=O)c1. The smallest absolute Gasteiger partial charge is 0.237 e. The first-order valence-electron chi connectivity index (χ1n) is 6.48. The first kappa shape index (κ1) is 16.0. The van der Waals surface area contributed by atoms with Gasteiger partial charge in [0.15, 0.2) is 0 Å². The van der Waals surface area contributed by atoms with E-state index in [1.54, 1.807) is 18.7 Å². The number of hydrogen-bond donors (Lipinski definition) is 2. The summed E-state index contributed by atoms with van der Waals surface area (Å²) in [5, 5.41) is 1.06. The number of primary amides is 1.